The molecule has 2 aromatic rings. The van der Waals surface area contributed by atoms with E-state index in [2.05, 4.69) is 24.9 Å². The Bertz CT molecular complexity index is 1080. The van der Waals surface area contributed by atoms with E-state index in [9.17, 15) is 4.79 Å². The van der Waals surface area contributed by atoms with Crippen molar-refractivity contribution in [3.8, 4) is 11.5 Å². The molecule has 4 atom stereocenters. The van der Waals surface area contributed by atoms with Crippen molar-refractivity contribution < 1.29 is 19.0 Å². The summed E-state index contributed by atoms with van der Waals surface area (Å²) in [5, 5.41) is 0. The molecule has 5 rings (SSSR count). The van der Waals surface area contributed by atoms with Crippen LogP contribution in [-0.4, -0.2) is 57.9 Å². The summed E-state index contributed by atoms with van der Waals surface area (Å²) in [6.45, 7) is 4.28. The molecule has 0 bridgehead atoms. The maximum atomic E-state index is 13.1. The number of methoxy groups -OCH3 is 1. The largest absolute Gasteiger partial charge is 0.493 e. The number of esters is 1. The maximum Gasteiger partial charge on any atom is 0.338 e. The lowest BCUT2D eigenvalue weighted by Crippen LogP contribution is -2.44. The van der Waals surface area contributed by atoms with E-state index in [-0.39, 0.29) is 23.6 Å². The minimum absolute atomic E-state index is 0.0348. The van der Waals surface area contributed by atoms with Crippen molar-refractivity contribution >= 4 is 11.7 Å². The molecule has 6 nitrogen and oxygen atoms in total. The molecule has 0 radical (unpaired) electrons. The quantitative estimate of drug-likeness (QED) is 0.615. The molecule has 2 aromatic carbocycles. The Hall–Kier alpha value is -2.73. The summed E-state index contributed by atoms with van der Waals surface area (Å²) in [5.41, 5.74) is 4.16. The molecular formula is C28H36N2O4. The molecule has 0 saturated heterocycles. The second-order valence-corrected chi connectivity index (χ2v) is 10.5. The van der Waals surface area contributed by atoms with Gasteiger partial charge in [-0.2, -0.15) is 0 Å². The van der Waals surface area contributed by atoms with Crippen molar-refractivity contribution in [3.05, 3.63) is 53.1 Å². The molecule has 1 saturated carbocycles. The van der Waals surface area contributed by atoms with Gasteiger partial charge in [0, 0.05) is 43.7 Å². The van der Waals surface area contributed by atoms with Crippen molar-refractivity contribution in [2.75, 3.05) is 39.7 Å². The Morgan fingerprint density at radius 1 is 1.21 bits per heavy atom. The molecule has 3 aliphatic rings. The fraction of sp³-hybridized carbons (Fsp3) is 0.536. The SMILES string of the molecule is COc1ccc2c3c1OC1C[C@@H](OC(=O)c4cccc(N(C)C)c4)CCC(C)[C@@]31CCN(C)C2. The van der Waals surface area contributed by atoms with Gasteiger partial charge in [0.05, 0.1) is 12.7 Å². The van der Waals surface area contributed by atoms with Crippen LogP contribution in [0.3, 0.4) is 0 Å². The van der Waals surface area contributed by atoms with Crippen LogP contribution in [0.25, 0.3) is 0 Å². The molecular weight excluding hydrogens is 428 g/mol. The van der Waals surface area contributed by atoms with Crippen LogP contribution in [0.1, 0.15) is 54.1 Å². The molecule has 2 aliphatic heterocycles. The lowest BCUT2D eigenvalue weighted by molar-refractivity contribution is 0.0136. The van der Waals surface area contributed by atoms with Crippen LogP contribution >= 0.6 is 0 Å². The average Bonchev–Trinajstić information content (AvgIpc) is 2.99. The maximum absolute atomic E-state index is 13.1. The summed E-state index contributed by atoms with van der Waals surface area (Å²) in [4.78, 5) is 17.5. The molecule has 2 heterocycles. The zero-order valence-corrected chi connectivity index (χ0v) is 21.0. The van der Waals surface area contributed by atoms with E-state index in [0.29, 0.717) is 17.9 Å². The topological polar surface area (TPSA) is 51.2 Å². The summed E-state index contributed by atoms with van der Waals surface area (Å²) in [7, 11) is 7.84. The van der Waals surface area contributed by atoms with Gasteiger partial charge in [-0.1, -0.05) is 19.1 Å². The van der Waals surface area contributed by atoms with Crippen LogP contribution < -0.4 is 14.4 Å². The number of hydrogen-bond donors (Lipinski definition) is 0. The second-order valence-electron chi connectivity index (χ2n) is 10.5. The van der Waals surface area contributed by atoms with E-state index in [1.807, 2.05) is 49.3 Å². The molecule has 0 N–H and O–H groups in total. The fourth-order valence-electron chi connectivity index (χ4n) is 6.32. The van der Waals surface area contributed by atoms with E-state index < -0.39 is 0 Å². The van der Waals surface area contributed by atoms with Crippen LogP contribution in [0.15, 0.2) is 36.4 Å². The summed E-state index contributed by atoms with van der Waals surface area (Å²) in [6, 6.07) is 11.9. The average molecular weight is 465 g/mol. The van der Waals surface area contributed by atoms with Gasteiger partial charge in [0.2, 0.25) is 0 Å². The van der Waals surface area contributed by atoms with Gasteiger partial charge in [-0.15, -0.1) is 0 Å². The molecule has 1 spiro atoms. The van der Waals surface area contributed by atoms with Crippen LogP contribution in [0.4, 0.5) is 5.69 Å². The Morgan fingerprint density at radius 2 is 2.03 bits per heavy atom. The van der Waals surface area contributed by atoms with Crippen LogP contribution in [0, 0.1) is 5.92 Å². The van der Waals surface area contributed by atoms with Gasteiger partial charge in [-0.25, -0.2) is 4.79 Å². The lowest BCUT2D eigenvalue weighted by atomic mass is 9.64. The smallest absolute Gasteiger partial charge is 0.338 e. The molecule has 0 aromatic heterocycles. The summed E-state index contributed by atoms with van der Waals surface area (Å²) < 4.78 is 18.5. The summed E-state index contributed by atoms with van der Waals surface area (Å²) in [5.74, 6) is 1.86. The normalized spacial score (nSPS) is 28.1. The van der Waals surface area contributed by atoms with Crippen molar-refractivity contribution in [3.63, 3.8) is 0 Å². The highest BCUT2D eigenvalue weighted by Gasteiger charge is 2.56. The van der Waals surface area contributed by atoms with Crippen molar-refractivity contribution in [2.45, 2.75) is 56.8 Å². The number of ether oxygens (including phenoxy) is 3. The Balaban J connectivity index is 1.45. The van der Waals surface area contributed by atoms with E-state index in [4.69, 9.17) is 14.2 Å². The first-order chi connectivity index (χ1) is 16.3. The molecule has 2 unspecified atom stereocenters. The number of carbonyl (C=O) groups is 1. The molecule has 182 valence electrons. The van der Waals surface area contributed by atoms with Gasteiger partial charge in [-0.05, 0) is 68.6 Å². The molecule has 0 amide bonds. The van der Waals surface area contributed by atoms with Gasteiger partial charge in [0.1, 0.15) is 12.2 Å². The highest BCUT2D eigenvalue weighted by Crippen LogP contribution is 2.59. The fourth-order valence-corrected chi connectivity index (χ4v) is 6.32. The number of anilines is 1. The van der Waals surface area contributed by atoms with Gasteiger partial charge in [0.15, 0.2) is 11.5 Å². The van der Waals surface area contributed by atoms with Crippen molar-refractivity contribution in [1.82, 2.24) is 4.90 Å². The Morgan fingerprint density at radius 3 is 2.79 bits per heavy atom. The first kappa shape index (κ1) is 23.0. The summed E-state index contributed by atoms with van der Waals surface area (Å²) in [6.07, 6.45) is 3.37. The zero-order chi connectivity index (χ0) is 24.0. The third-order valence-corrected chi connectivity index (χ3v) is 8.23. The molecule has 1 aliphatic carbocycles. The van der Waals surface area contributed by atoms with Gasteiger partial charge >= 0.3 is 5.97 Å². The first-order valence-electron chi connectivity index (χ1n) is 12.4. The minimum Gasteiger partial charge on any atom is -0.493 e. The number of carbonyl (C=O) groups excluding carboxylic acids is 1. The summed E-state index contributed by atoms with van der Waals surface area (Å²) >= 11 is 0. The van der Waals surface area contributed by atoms with Crippen LogP contribution in [0.5, 0.6) is 11.5 Å². The monoisotopic (exact) mass is 464 g/mol. The predicted octanol–water partition coefficient (Wildman–Crippen LogP) is 4.64. The molecule has 34 heavy (non-hydrogen) atoms. The number of benzene rings is 2. The highest BCUT2D eigenvalue weighted by atomic mass is 16.6. The predicted molar refractivity (Wildman–Crippen MR) is 133 cm³/mol. The Kier molecular flexibility index (Phi) is 5.96. The van der Waals surface area contributed by atoms with E-state index in [1.165, 1.54) is 11.1 Å². The second kappa shape index (κ2) is 8.81. The van der Waals surface area contributed by atoms with E-state index >= 15 is 0 Å². The lowest BCUT2D eigenvalue weighted by Gasteiger charge is -2.38. The van der Waals surface area contributed by atoms with E-state index in [1.54, 1.807) is 7.11 Å². The molecule has 6 heteroatoms. The minimum atomic E-state index is -0.258. The first-order valence-corrected chi connectivity index (χ1v) is 12.4. The molecule has 1 fully saturated rings. The number of rotatable bonds is 4. The van der Waals surface area contributed by atoms with Gasteiger partial charge in [0.25, 0.3) is 0 Å². The third kappa shape index (κ3) is 3.72. The number of hydrogen-bond acceptors (Lipinski definition) is 6. The number of nitrogens with zero attached hydrogens (tertiary/aromatic N) is 2. The van der Waals surface area contributed by atoms with Crippen molar-refractivity contribution in [1.29, 1.82) is 0 Å². The standard InChI is InChI=1S/C28H36N2O4/c1-18-9-11-22(33-27(31)19-7-6-8-21(15-19)29(2)3)16-24-28(18)13-14-30(4)17-20-10-12-23(32-5)26(34-24)25(20)28/h6-8,10,12,15,18,22,24H,9,11,13-14,16-17H2,1-5H3/t18?,22-,24?,28+/m0/s1. The van der Waals surface area contributed by atoms with E-state index in [0.717, 1.165) is 49.5 Å². The zero-order valence-electron chi connectivity index (χ0n) is 21.0. The third-order valence-electron chi connectivity index (χ3n) is 8.23. The van der Waals surface area contributed by atoms with Crippen LogP contribution in [0.2, 0.25) is 0 Å². The van der Waals surface area contributed by atoms with Gasteiger partial charge < -0.3 is 24.0 Å². The highest BCUT2D eigenvalue weighted by molar-refractivity contribution is 5.90. The van der Waals surface area contributed by atoms with Crippen LogP contribution in [-0.2, 0) is 16.7 Å². The van der Waals surface area contributed by atoms with Crippen molar-refractivity contribution in [2.24, 2.45) is 5.92 Å². The Labute approximate surface area is 202 Å². The van der Waals surface area contributed by atoms with Gasteiger partial charge in [-0.3, -0.25) is 0 Å².